The van der Waals surface area contributed by atoms with Crippen molar-refractivity contribution in [3.63, 3.8) is 0 Å². The number of anilines is 1. The van der Waals surface area contributed by atoms with Gasteiger partial charge in [0.2, 0.25) is 0 Å². The van der Waals surface area contributed by atoms with Gasteiger partial charge in [-0.15, -0.1) is 0 Å². The molecule has 1 heterocycles. The van der Waals surface area contributed by atoms with E-state index in [1.54, 1.807) is 18.4 Å². The number of methoxy groups -OCH3 is 1. The topological polar surface area (TPSA) is 70.6 Å². The van der Waals surface area contributed by atoms with Crippen molar-refractivity contribution in [1.29, 1.82) is 0 Å². The van der Waals surface area contributed by atoms with E-state index < -0.39 is 0 Å². The lowest BCUT2D eigenvalue weighted by Gasteiger charge is -2.40. The van der Waals surface area contributed by atoms with Crippen LogP contribution in [0.1, 0.15) is 32.6 Å². The second kappa shape index (κ2) is 9.90. The minimum atomic E-state index is 0.345. The summed E-state index contributed by atoms with van der Waals surface area (Å²) < 4.78 is 6.49. The summed E-state index contributed by atoms with van der Waals surface area (Å²) in [5.74, 6) is 0.896. The first-order valence-corrected chi connectivity index (χ1v) is 10.7. The Morgan fingerprint density at radius 1 is 1.26 bits per heavy atom. The van der Waals surface area contributed by atoms with Crippen LogP contribution in [-0.4, -0.2) is 50.8 Å². The molecule has 6 nitrogen and oxygen atoms in total. The van der Waals surface area contributed by atoms with E-state index in [2.05, 4.69) is 33.9 Å². The molecule has 0 atom stereocenters. The van der Waals surface area contributed by atoms with Crippen molar-refractivity contribution in [3.8, 4) is 0 Å². The first-order chi connectivity index (χ1) is 13.2. The molecule has 3 N–H and O–H groups in total. The number of para-hydroxylation sites is 1. The highest BCUT2D eigenvalue weighted by molar-refractivity contribution is 7.22. The molecular weight excluding hydrogens is 358 g/mol. The van der Waals surface area contributed by atoms with Gasteiger partial charge in [0.25, 0.3) is 0 Å². The Bertz CT molecular complexity index is 708. The maximum absolute atomic E-state index is 5.28. The molecule has 1 aromatic carbocycles. The summed E-state index contributed by atoms with van der Waals surface area (Å²) in [7, 11) is 1.78. The van der Waals surface area contributed by atoms with Gasteiger partial charge in [-0.1, -0.05) is 29.9 Å². The second-order valence-electron chi connectivity index (χ2n) is 7.13. The fourth-order valence-corrected chi connectivity index (χ4v) is 4.26. The predicted molar refractivity (Wildman–Crippen MR) is 115 cm³/mol. The van der Waals surface area contributed by atoms with E-state index in [1.807, 2.05) is 18.2 Å². The Morgan fingerprint density at radius 3 is 2.81 bits per heavy atom. The van der Waals surface area contributed by atoms with Crippen LogP contribution in [0.3, 0.4) is 0 Å². The van der Waals surface area contributed by atoms with E-state index in [4.69, 9.17) is 9.73 Å². The van der Waals surface area contributed by atoms with E-state index in [-0.39, 0.29) is 0 Å². The molecule has 1 aliphatic carbocycles. The summed E-state index contributed by atoms with van der Waals surface area (Å²) >= 11 is 1.69. The van der Waals surface area contributed by atoms with Gasteiger partial charge >= 0.3 is 0 Å². The Morgan fingerprint density at radius 2 is 2.11 bits per heavy atom. The van der Waals surface area contributed by atoms with Gasteiger partial charge in [-0.3, -0.25) is 4.99 Å². The number of ether oxygens (including phenoxy) is 1. The molecule has 1 fully saturated rings. The maximum Gasteiger partial charge on any atom is 0.191 e. The number of aromatic nitrogens is 1. The number of aliphatic imine (C=N–C) groups is 1. The highest BCUT2D eigenvalue weighted by Crippen LogP contribution is 2.44. The zero-order valence-corrected chi connectivity index (χ0v) is 17.2. The van der Waals surface area contributed by atoms with E-state index >= 15 is 0 Å². The Kier molecular flexibility index (Phi) is 7.29. The van der Waals surface area contributed by atoms with Crippen molar-refractivity contribution in [2.75, 3.05) is 45.2 Å². The van der Waals surface area contributed by atoms with Crippen LogP contribution in [0.15, 0.2) is 29.3 Å². The van der Waals surface area contributed by atoms with Gasteiger partial charge in [0, 0.05) is 39.9 Å². The van der Waals surface area contributed by atoms with Gasteiger partial charge in [-0.25, -0.2) is 4.98 Å². The first kappa shape index (κ1) is 19.9. The fraction of sp³-hybridized carbons (Fsp3) is 0.600. The lowest BCUT2D eigenvalue weighted by atomic mass is 9.67. The van der Waals surface area contributed by atoms with Crippen LogP contribution in [0, 0.1) is 5.41 Å². The normalized spacial score (nSPS) is 16.1. The molecule has 0 spiro atoms. The third-order valence-corrected chi connectivity index (χ3v) is 6.15. The number of guanidine groups is 1. The number of benzene rings is 1. The number of rotatable bonds is 10. The van der Waals surface area contributed by atoms with E-state index in [0.717, 1.165) is 55.8 Å². The second-order valence-corrected chi connectivity index (χ2v) is 8.16. The smallest absolute Gasteiger partial charge is 0.191 e. The summed E-state index contributed by atoms with van der Waals surface area (Å²) in [6.07, 6.45) is 4.94. The van der Waals surface area contributed by atoms with Crippen LogP contribution < -0.4 is 16.0 Å². The number of nitrogens with one attached hydrogen (secondary N) is 3. The van der Waals surface area contributed by atoms with E-state index in [0.29, 0.717) is 5.41 Å². The summed E-state index contributed by atoms with van der Waals surface area (Å²) in [5, 5.41) is 11.1. The Balaban J connectivity index is 1.46. The molecule has 1 saturated carbocycles. The van der Waals surface area contributed by atoms with Crippen LogP contribution in [-0.2, 0) is 4.74 Å². The maximum atomic E-state index is 5.28. The molecule has 1 aliphatic rings. The molecule has 0 amide bonds. The Labute approximate surface area is 165 Å². The lowest BCUT2D eigenvalue weighted by Crippen LogP contribution is -2.41. The summed E-state index contributed by atoms with van der Waals surface area (Å²) in [6.45, 7) is 6.26. The van der Waals surface area contributed by atoms with Crippen molar-refractivity contribution in [2.45, 2.75) is 32.6 Å². The highest BCUT2D eigenvalue weighted by Gasteiger charge is 2.36. The highest BCUT2D eigenvalue weighted by atomic mass is 32.1. The molecule has 0 unspecified atom stereocenters. The van der Waals surface area contributed by atoms with Gasteiger partial charge in [0.15, 0.2) is 11.1 Å². The van der Waals surface area contributed by atoms with Crippen molar-refractivity contribution in [3.05, 3.63) is 24.3 Å². The number of thiazole rings is 1. The van der Waals surface area contributed by atoms with Crippen LogP contribution in [0.5, 0.6) is 0 Å². The zero-order valence-electron chi connectivity index (χ0n) is 16.4. The van der Waals surface area contributed by atoms with Gasteiger partial charge in [-0.2, -0.15) is 0 Å². The third-order valence-electron chi connectivity index (χ3n) is 5.16. The molecule has 0 saturated heterocycles. The van der Waals surface area contributed by atoms with Crippen LogP contribution in [0.2, 0.25) is 0 Å². The minimum absolute atomic E-state index is 0.345. The summed E-state index contributed by atoms with van der Waals surface area (Å²) in [6, 6.07) is 8.22. The largest absolute Gasteiger partial charge is 0.385 e. The Hall–Kier alpha value is -1.86. The third kappa shape index (κ3) is 5.56. The standard InChI is InChI=1S/C20H31N5OS/c1-3-21-18(24-15-20(9-6-10-20)11-14-26-2)22-12-13-23-19-25-16-7-4-5-8-17(16)27-19/h4-5,7-8H,3,6,9-15H2,1-2H3,(H,23,25)(H2,21,22,24). The zero-order chi connectivity index (χ0) is 19.0. The number of hydrogen-bond acceptors (Lipinski definition) is 5. The lowest BCUT2D eigenvalue weighted by molar-refractivity contribution is 0.0778. The molecule has 0 aliphatic heterocycles. The van der Waals surface area contributed by atoms with Crippen molar-refractivity contribution >= 4 is 32.6 Å². The predicted octanol–water partition coefficient (Wildman–Crippen LogP) is 3.47. The fourth-order valence-electron chi connectivity index (χ4n) is 3.37. The van der Waals surface area contributed by atoms with Crippen LogP contribution in [0.25, 0.3) is 10.2 Å². The number of fused-ring (bicyclic) bond motifs is 1. The quantitative estimate of drug-likeness (QED) is 0.330. The van der Waals surface area contributed by atoms with E-state index in [9.17, 15) is 0 Å². The first-order valence-electron chi connectivity index (χ1n) is 9.85. The molecular formula is C20H31N5OS. The van der Waals surface area contributed by atoms with Gasteiger partial charge in [0.05, 0.1) is 10.2 Å². The SMILES string of the molecule is CCNC(=NCC1(CCOC)CCC1)NCCNc1nc2ccccc2s1. The minimum Gasteiger partial charge on any atom is -0.385 e. The molecule has 0 bridgehead atoms. The number of nitrogens with zero attached hydrogens (tertiary/aromatic N) is 2. The van der Waals surface area contributed by atoms with Crippen molar-refractivity contribution in [1.82, 2.24) is 15.6 Å². The van der Waals surface area contributed by atoms with E-state index in [1.165, 1.54) is 24.0 Å². The van der Waals surface area contributed by atoms with Crippen LogP contribution >= 0.6 is 11.3 Å². The summed E-state index contributed by atoms with van der Waals surface area (Å²) in [4.78, 5) is 9.44. The van der Waals surface area contributed by atoms with Gasteiger partial charge < -0.3 is 20.7 Å². The van der Waals surface area contributed by atoms with Gasteiger partial charge in [-0.05, 0) is 43.7 Å². The monoisotopic (exact) mass is 389 g/mol. The van der Waals surface area contributed by atoms with Crippen molar-refractivity contribution in [2.24, 2.45) is 10.4 Å². The molecule has 27 heavy (non-hydrogen) atoms. The van der Waals surface area contributed by atoms with Crippen LogP contribution in [0.4, 0.5) is 5.13 Å². The average molecular weight is 390 g/mol. The molecule has 7 heteroatoms. The molecule has 1 aromatic heterocycles. The van der Waals surface area contributed by atoms with Crippen molar-refractivity contribution < 1.29 is 4.74 Å². The number of hydrogen-bond donors (Lipinski definition) is 3. The average Bonchev–Trinajstić information content (AvgIpc) is 3.06. The van der Waals surface area contributed by atoms with Gasteiger partial charge in [0.1, 0.15) is 0 Å². The molecule has 0 radical (unpaired) electrons. The molecule has 148 valence electrons. The molecule has 2 aromatic rings. The summed E-state index contributed by atoms with van der Waals surface area (Å²) in [5.41, 5.74) is 1.40. The molecule has 3 rings (SSSR count).